The van der Waals surface area contributed by atoms with Gasteiger partial charge >= 0.3 is 18.0 Å². The molecule has 1 aromatic heterocycles. The van der Waals surface area contributed by atoms with Crippen LogP contribution in [0.15, 0.2) is 10.9 Å². The number of aromatic nitrogens is 1. The first-order chi connectivity index (χ1) is 8.65. The Labute approximate surface area is 101 Å². The quantitative estimate of drug-likeness (QED) is 0.502. The molecule has 1 heterocycles. The molecule has 0 amide bonds. The van der Waals surface area contributed by atoms with Crippen LogP contribution in [0.2, 0.25) is 0 Å². The predicted molar refractivity (Wildman–Crippen MR) is 51.7 cm³/mol. The van der Waals surface area contributed by atoms with Gasteiger partial charge < -0.3 is 14.5 Å². The second kappa shape index (κ2) is 4.96. The number of esters is 1. The first-order valence-electron chi connectivity index (χ1n) is 4.41. The maximum absolute atomic E-state index is 11.9. The summed E-state index contributed by atoms with van der Waals surface area (Å²) < 4.78 is 43.3. The number of halogens is 3. The van der Waals surface area contributed by atoms with Gasteiger partial charge in [-0.3, -0.25) is 14.9 Å². The van der Waals surface area contributed by atoms with Crippen molar-refractivity contribution in [3.8, 4) is 5.75 Å². The molecule has 0 unspecified atom stereocenters. The average molecular weight is 282 g/mol. The second-order valence-corrected chi connectivity index (χ2v) is 3.02. The van der Waals surface area contributed by atoms with E-state index in [1.165, 1.54) is 0 Å². The summed E-state index contributed by atoms with van der Waals surface area (Å²) in [5.41, 5.74) is -3.42. The molecule has 0 bridgehead atoms. The van der Waals surface area contributed by atoms with E-state index in [0.29, 0.717) is 0 Å². The number of methoxy groups -OCH3 is 1. The van der Waals surface area contributed by atoms with E-state index in [9.17, 15) is 32.9 Å². The van der Waals surface area contributed by atoms with Crippen LogP contribution in [-0.4, -0.2) is 29.3 Å². The smallest absolute Gasteiger partial charge is 0.464 e. The van der Waals surface area contributed by atoms with Gasteiger partial charge in [0.1, 0.15) is 0 Å². The molecule has 1 N–H and O–H groups in total. The highest BCUT2D eigenvalue weighted by Crippen LogP contribution is 2.24. The third-order valence-electron chi connectivity index (χ3n) is 1.80. The number of hydrogen-bond acceptors (Lipinski definition) is 6. The Morgan fingerprint density at radius 1 is 1.47 bits per heavy atom. The normalized spacial score (nSPS) is 10.9. The summed E-state index contributed by atoms with van der Waals surface area (Å²) >= 11 is 0. The van der Waals surface area contributed by atoms with Crippen LogP contribution in [0.1, 0.15) is 10.5 Å². The molecule has 0 spiro atoms. The van der Waals surface area contributed by atoms with Crippen LogP contribution in [0.4, 0.5) is 18.9 Å². The maximum Gasteiger partial charge on any atom is 0.573 e. The Bertz CT molecular complexity index is 579. The first kappa shape index (κ1) is 14.5. The van der Waals surface area contributed by atoms with E-state index in [2.05, 4.69) is 9.47 Å². The minimum Gasteiger partial charge on any atom is -0.464 e. The number of hydrogen-bond donors (Lipinski definition) is 1. The standard InChI is InChI=1S/C8H5F3N2O6/c1-18-7(15)5-3(13(16)17)2-4(6(14)12-5)19-8(9,10)11/h2H,1H3,(H,12,14). The van der Waals surface area contributed by atoms with Crippen molar-refractivity contribution in [1.82, 2.24) is 4.98 Å². The van der Waals surface area contributed by atoms with Crippen molar-refractivity contribution in [3.63, 3.8) is 0 Å². The van der Waals surface area contributed by atoms with Gasteiger partial charge in [0, 0.05) is 0 Å². The zero-order valence-electron chi connectivity index (χ0n) is 9.11. The molecule has 8 nitrogen and oxygen atoms in total. The molecule has 0 aliphatic heterocycles. The van der Waals surface area contributed by atoms with Crippen LogP contribution in [0.25, 0.3) is 0 Å². The lowest BCUT2D eigenvalue weighted by Crippen LogP contribution is -2.24. The van der Waals surface area contributed by atoms with Gasteiger partial charge in [0.05, 0.1) is 18.1 Å². The summed E-state index contributed by atoms with van der Waals surface area (Å²) in [6, 6.07) is 0.193. The first-order valence-corrected chi connectivity index (χ1v) is 4.41. The fourth-order valence-electron chi connectivity index (χ4n) is 1.10. The van der Waals surface area contributed by atoms with E-state index in [-0.39, 0.29) is 6.07 Å². The third kappa shape index (κ3) is 3.43. The molecule has 0 aliphatic rings. The van der Waals surface area contributed by atoms with Gasteiger partial charge in [0.15, 0.2) is 0 Å². The third-order valence-corrected chi connectivity index (χ3v) is 1.80. The number of carbonyl (C=O) groups excluding carboxylic acids is 1. The number of nitrogens with one attached hydrogen (secondary N) is 1. The predicted octanol–water partition coefficient (Wildman–Crippen LogP) is 0.968. The Morgan fingerprint density at radius 3 is 2.47 bits per heavy atom. The molecule has 1 aromatic rings. The van der Waals surface area contributed by atoms with Crippen molar-refractivity contribution in [2.75, 3.05) is 7.11 Å². The minimum absolute atomic E-state index is 0.193. The molecule has 11 heteroatoms. The number of nitro groups is 1. The molecule has 0 aliphatic carbocycles. The highest BCUT2D eigenvalue weighted by molar-refractivity contribution is 5.91. The zero-order valence-corrected chi connectivity index (χ0v) is 9.11. The number of rotatable bonds is 3. The summed E-state index contributed by atoms with van der Waals surface area (Å²) in [4.78, 5) is 33.4. The summed E-state index contributed by atoms with van der Waals surface area (Å²) in [6.07, 6.45) is -5.20. The maximum atomic E-state index is 11.9. The van der Waals surface area contributed by atoms with E-state index in [1.807, 2.05) is 0 Å². The Hall–Kier alpha value is -2.59. The fourth-order valence-corrected chi connectivity index (χ4v) is 1.10. The number of ether oxygens (including phenoxy) is 2. The number of aromatic amines is 1. The molecule has 1 rings (SSSR count). The van der Waals surface area contributed by atoms with Crippen molar-refractivity contribution in [1.29, 1.82) is 0 Å². The fraction of sp³-hybridized carbons (Fsp3) is 0.250. The number of alkyl halides is 3. The molecule has 0 radical (unpaired) electrons. The topological polar surface area (TPSA) is 112 Å². The molecule has 19 heavy (non-hydrogen) atoms. The zero-order chi connectivity index (χ0) is 14.8. The number of nitrogens with zero attached hydrogens (tertiary/aromatic N) is 1. The second-order valence-electron chi connectivity index (χ2n) is 3.02. The summed E-state index contributed by atoms with van der Waals surface area (Å²) in [7, 11) is 0.879. The van der Waals surface area contributed by atoms with Gasteiger partial charge in [-0.05, 0) is 0 Å². The Morgan fingerprint density at radius 2 is 2.05 bits per heavy atom. The SMILES string of the molecule is COC(=O)c1[nH]c(=O)c(OC(F)(F)F)cc1[N+](=O)[O-]. The summed E-state index contributed by atoms with van der Waals surface area (Å²) in [6.45, 7) is 0. The van der Waals surface area contributed by atoms with Gasteiger partial charge in [-0.2, -0.15) is 0 Å². The van der Waals surface area contributed by atoms with E-state index in [1.54, 1.807) is 4.98 Å². The molecule has 0 saturated heterocycles. The van der Waals surface area contributed by atoms with E-state index >= 15 is 0 Å². The van der Waals surface area contributed by atoms with Crippen LogP contribution < -0.4 is 10.3 Å². The van der Waals surface area contributed by atoms with Crippen molar-refractivity contribution >= 4 is 11.7 Å². The van der Waals surface area contributed by atoms with Crippen molar-refractivity contribution < 1.29 is 32.4 Å². The molecule has 0 aromatic carbocycles. The molecule has 0 saturated carbocycles. The van der Waals surface area contributed by atoms with Gasteiger partial charge in [0.2, 0.25) is 11.4 Å². The molecule has 104 valence electrons. The lowest BCUT2D eigenvalue weighted by molar-refractivity contribution is -0.385. The number of pyridine rings is 1. The van der Waals surface area contributed by atoms with E-state index in [4.69, 9.17) is 0 Å². The average Bonchev–Trinajstić information content (AvgIpc) is 2.28. The molecule has 0 fully saturated rings. The largest absolute Gasteiger partial charge is 0.573 e. The Balaban J connectivity index is 3.41. The van der Waals surface area contributed by atoms with Gasteiger partial charge in [0.25, 0.3) is 5.56 Å². The highest BCUT2D eigenvalue weighted by Gasteiger charge is 2.34. The van der Waals surface area contributed by atoms with E-state index < -0.39 is 39.9 Å². The van der Waals surface area contributed by atoms with Crippen LogP contribution in [0.3, 0.4) is 0 Å². The monoisotopic (exact) mass is 282 g/mol. The van der Waals surface area contributed by atoms with Crippen LogP contribution in [-0.2, 0) is 4.74 Å². The van der Waals surface area contributed by atoms with E-state index in [0.717, 1.165) is 7.11 Å². The lowest BCUT2D eigenvalue weighted by atomic mass is 10.3. The van der Waals surface area contributed by atoms with Gasteiger partial charge in [-0.25, -0.2) is 4.79 Å². The van der Waals surface area contributed by atoms with Crippen LogP contribution in [0.5, 0.6) is 5.75 Å². The van der Waals surface area contributed by atoms with Crippen molar-refractivity contribution in [3.05, 3.63) is 32.2 Å². The highest BCUT2D eigenvalue weighted by atomic mass is 19.4. The summed E-state index contributed by atoms with van der Waals surface area (Å²) in [5, 5.41) is 10.6. The molecular weight excluding hydrogens is 277 g/mol. The van der Waals surface area contributed by atoms with Crippen LogP contribution >= 0.6 is 0 Å². The Kier molecular flexibility index (Phi) is 3.77. The number of H-pyrrole nitrogens is 1. The van der Waals surface area contributed by atoms with Crippen LogP contribution in [0, 0.1) is 10.1 Å². The lowest BCUT2D eigenvalue weighted by Gasteiger charge is -2.08. The van der Waals surface area contributed by atoms with Gasteiger partial charge in [-0.1, -0.05) is 0 Å². The summed E-state index contributed by atoms with van der Waals surface area (Å²) in [5.74, 6) is -2.63. The molecule has 0 atom stereocenters. The minimum atomic E-state index is -5.20. The van der Waals surface area contributed by atoms with Gasteiger partial charge in [-0.15, -0.1) is 13.2 Å². The van der Waals surface area contributed by atoms with Crippen molar-refractivity contribution in [2.24, 2.45) is 0 Å². The van der Waals surface area contributed by atoms with Crippen molar-refractivity contribution in [2.45, 2.75) is 6.36 Å². The number of carbonyl (C=O) groups is 1. The molecular formula is C8H5F3N2O6.